The zero-order chi connectivity index (χ0) is 27.9. The van der Waals surface area contributed by atoms with Crippen LogP contribution in [-0.4, -0.2) is 78.5 Å². The molecule has 11 heteroatoms. The molecule has 1 aromatic heterocycles. The maximum atomic E-state index is 13.2. The lowest BCUT2D eigenvalue weighted by molar-refractivity contribution is -0.135. The maximum Gasteiger partial charge on any atom is 0.322 e. The van der Waals surface area contributed by atoms with Crippen molar-refractivity contribution in [3.63, 3.8) is 0 Å². The molecule has 1 unspecified atom stereocenters. The molecule has 5 N–H and O–H groups in total. The minimum atomic E-state index is -1.05. The van der Waals surface area contributed by atoms with Gasteiger partial charge in [-0.3, -0.25) is 14.6 Å². The Kier molecular flexibility index (Phi) is 8.62. The largest absolute Gasteiger partial charge is 0.480 e. The van der Waals surface area contributed by atoms with Crippen molar-refractivity contribution >= 4 is 40.9 Å². The molecule has 2 heterocycles. The average molecular weight is 533 g/mol. The van der Waals surface area contributed by atoms with Crippen molar-refractivity contribution in [1.82, 2.24) is 14.9 Å². The van der Waals surface area contributed by atoms with E-state index in [1.807, 2.05) is 36.4 Å². The van der Waals surface area contributed by atoms with Gasteiger partial charge in [-0.05, 0) is 47.5 Å². The Morgan fingerprint density at radius 2 is 2.05 bits per heavy atom. The summed E-state index contributed by atoms with van der Waals surface area (Å²) in [6.07, 6.45) is 2.69. The molecule has 204 valence electrons. The van der Waals surface area contributed by atoms with Gasteiger partial charge in [0, 0.05) is 20.2 Å². The number of amides is 1. The Balaban J connectivity index is 1.76. The van der Waals surface area contributed by atoms with Crippen molar-refractivity contribution in [3.05, 3.63) is 71.2 Å². The number of nitrogens with zero attached hydrogens (tertiary/aromatic N) is 3. The van der Waals surface area contributed by atoms with Crippen LogP contribution in [0.3, 0.4) is 0 Å². The fraction of sp³-hybridized carbons (Fsp3) is 0.286. The number of carbonyl (C=O) groups excluding carboxylic acids is 1. The lowest BCUT2D eigenvalue weighted by Crippen LogP contribution is -2.33. The summed E-state index contributed by atoms with van der Waals surface area (Å²) < 4.78 is 10.7. The predicted molar refractivity (Wildman–Crippen MR) is 150 cm³/mol. The second kappa shape index (κ2) is 12.3. The van der Waals surface area contributed by atoms with E-state index >= 15 is 0 Å². The number of nitrogens with one attached hydrogen (secondary N) is 2. The van der Waals surface area contributed by atoms with Crippen LogP contribution in [0.5, 0.6) is 5.88 Å². The Morgan fingerprint density at radius 3 is 2.72 bits per heavy atom. The maximum absolute atomic E-state index is 13.2. The zero-order valence-corrected chi connectivity index (χ0v) is 21.9. The molecule has 1 fully saturated rings. The van der Waals surface area contributed by atoms with E-state index in [-0.39, 0.29) is 41.8 Å². The standard InChI is InChI=1S/C28H32N6O5/c1-30-24(25-32-26(27(33-25)39-3)31-15-23(35)36)20(13-17-8-9-18-6-4-5-7-19(18)12-17)14-22(29)28(37)34-11-10-21(16-34)38-2/h4-9,12,14,21,31H,1,10-11,13,15-16,29H2,2-3H3,(H,32,33)(H,35,36)/b22-14-,24-20-. The first-order chi connectivity index (χ1) is 18.8. The van der Waals surface area contributed by atoms with Gasteiger partial charge in [0.1, 0.15) is 12.2 Å². The summed E-state index contributed by atoms with van der Waals surface area (Å²) in [5.74, 6) is -0.628. The molecule has 1 saturated heterocycles. The highest BCUT2D eigenvalue weighted by atomic mass is 16.5. The molecule has 1 aliphatic rings. The van der Waals surface area contributed by atoms with Crippen molar-refractivity contribution in [3.8, 4) is 5.88 Å². The SMILES string of the molecule is C=N/C(=C(\C=C(/N)C(=O)N1CCC(OC)C1)Cc1ccc2ccccc2c1)c1nc(OC)c(NCC(=O)O)[nH]1. The lowest BCUT2D eigenvalue weighted by atomic mass is 9.99. The van der Waals surface area contributed by atoms with E-state index in [0.29, 0.717) is 30.8 Å². The number of rotatable bonds is 11. The molecule has 0 aliphatic carbocycles. The topological polar surface area (TPSA) is 155 Å². The fourth-order valence-electron chi connectivity index (χ4n) is 4.54. The Morgan fingerprint density at radius 1 is 1.28 bits per heavy atom. The first-order valence-corrected chi connectivity index (χ1v) is 12.4. The Labute approximate surface area is 226 Å². The molecule has 39 heavy (non-hydrogen) atoms. The third kappa shape index (κ3) is 6.44. The molecule has 0 spiro atoms. The van der Waals surface area contributed by atoms with E-state index in [2.05, 4.69) is 33.1 Å². The zero-order valence-electron chi connectivity index (χ0n) is 21.9. The minimum Gasteiger partial charge on any atom is -0.480 e. The number of aromatic amines is 1. The number of allylic oxidation sites excluding steroid dienone is 2. The summed E-state index contributed by atoms with van der Waals surface area (Å²) >= 11 is 0. The molecule has 3 aromatic rings. The smallest absolute Gasteiger partial charge is 0.322 e. The van der Waals surface area contributed by atoms with Gasteiger partial charge in [-0.2, -0.15) is 4.98 Å². The third-order valence-electron chi connectivity index (χ3n) is 6.52. The van der Waals surface area contributed by atoms with Crippen LogP contribution >= 0.6 is 0 Å². The number of likely N-dealkylation sites (tertiary alicyclic amines) is 1. The van der Waals surface area contributed by atoms with Gasteiger partial charge in [0.25, 0.3) is 11.8 Å². The quantitative estimate of drug-likeness (QED) is 0.167. The van der Waals surface area contributed by atoms with Gasteiger partial charge in [-0.15, -0.1) is 0 Å². The van der Waals surface area contributed by atoms with Gasteiger partial charge in [0.05, 0.1) is 18.9 Å². The number of aromatic nitrogens is 2. The van der Waals surface area contributed by atoms with Crippen LogP contribution < -0.4 is 15.8 Å². The third-order valence-corrected chi connectivity index (χ3v) is 6.52. The molecule has 0 radical (unpaired) electrons. The highest BCUT2D eigenvalue weighted by molar-refractivity contribution is 5.94. The van der Waals surface area contributed by atoms with Gasteiger partial charge in [0.15, 0.2) is 11.6 Å². The van der Waals surface area contributed by atoms with E-state index in [4.69, 9.17) is 20.3 Å². The number of carboxylic acid groups (broad SMARTS) is 1. The number of carboxylic acids is 1. The van der Waals surface area contributed by atoms with Crippen LogP contribution in [0.2, 0.25) is 0 Å². The molecule has 1 amide bonds. The van der Waals surface area contributed by atoms with E-state index in [9.17, 15) is 9.59 Å². The number of hydrogen-bond donors (Lipinski definition) is 4. The molecule has 1 aliphatic heterocycles. The molecule has 11 nitrogen and oxygen atoms in total. The van der Waals surface area contributed by atoms with Crippen LogP contribution in [0.15, 0.2) is 64.8 Å². The number of ether oxygens (including phenoxy) is 2. The summed E-state index contributed by atoms with van der Waals surface area (Å²) in [6.45, 7) is 4.41. The number of aliphatic imine (C=N–C) groups is 1. The van der Waals surface area contributed by atoms with Crippen molar-refractivity contribution in [1.29, 1.82) is 0 Å². The van der Waals surface area contributed by atoms with Crippen molar-refractivity contribution < 1.29 is 24.2 Å². The number of aliphatic carboxylic acids is 1. The van der Waals surface area contributed by atoms with Gasteiger partial charge >= 0.3 is 5.97 Å². The normalized spacial score (nSPS) is 16.2. The Hall–Kier alpha value is -4.64. The summed E-state index contributed by atoms with van der Waals surface area (Å²) in [5, 5.41) is 14.0. The fourth-order valence-corrected chi connectivity index (χ4v) is 4.54. The first kappa shape index (κ1) is 27.4. The van der Waals surface area contributed by atoms with Gasteiger partial charge in [-0.1, -0.05) is 42.5 Å². The second-order valence-corrected chi connectivity index (χ2v) is 9.10. The number of anilines is 1. The monoisotopic (exact) mass is 532 g/mol. The number of benzene rings is 2. The second-order valence-electron chi connectivity index (χ2n) is 9.10. The highest BCUT2D eigenvalue weighted by Gasteiger charge is 2.27. The summed E-state index contributed by atoms with van der Waals surface area (Å²) in [4.78, 5) is 37.6. The van der Waals surface area contributed by atoms with E-state index < -0.39 is 5.97 Å². The summed E-state index contributed by atoms with van der Waals surface area (Å²) in [5.41, 5.74) is 8.29. The first-order valence-electron chi connectivity index (χ1n) is 12.4. The number of imidazole rings is 1. The molecular weight excluding hydrogens is 500 g/mol. The molecule has 1 atom stereocenters. The highest BCUT2D eigenvalue weighted by Crippen LogP contribution is 2.29. The number of nitrogens with two attached hydrogens (primary N) is 1. The number of H-pyrrole nitrogens is 1. The van der Waals surface area contributed by atoms with Crippen LogP contribution in [-0.2, 0) is 20.7 Å². The van der Waals surface area contributed by atoms with Gasteiger partial charge in [0.2, 0.25) is 0 Å². The molecule has 0 saturated carbocycles. The number of carbonyl (C=O) groups is 2. The van der Waals surface area contributed by atoms with Gasteiger partial charge < -0.3 is 35.5 Å². The van der Waals surface area contributed by atoms with Crippen LogP contribution in [0.4, 0.5) is 5.82 Å². The van der Waals surface area contributed by atoms with E-state index in [1.165, 1.54) is 7.11 Å². The molecule has 2 aromatic carbocycles. The van der Waals surface area contributed by atoms with E-state index in [0.717, 1.165) is 22.8 Å². The average Bonchev–Trinajstić information content (AvgIpc) is 3.59. The molecule has 4 rings (SSSR count). The summed E-state index contributed by atoms with van der Waals surface area (Å²) in [7, 11) is 3.05. The van der Waals surface area contributed by atoms with Crippen LogP contribution in [0.25, 0.3) is 16.5 Å². The number of methoxy groups -OCH3 is 2. The van der Waals surface area contributed by atoms with Crippen molar-refractivity contribution in [2.75, 3.05) is 39.2 Å². The van der Waals surface area contributed by atoms with Gasteiger partial charge in [-0.25, -0.2) is 0 Å². The summed E-state index contributed by atoms with van der Waals surface area (Å²) in [6, 6.07) is 14.1. The predicted octanol–water partition coefficient (Wildman–Crippen LogP) is 2.81. The molecular formula is C28H32N6O5. The van der Waals surface area contributed by atoms with Crippen molar-refractivity contribution in [2.45, 2.75) is 18.9 Å². The minimum absolute atomic E-state index is 0.0212. The van der Waals surface area contributed by atoms with Crippen LogP contribution in [0.1, 0.15) is 17.8 Å². The van der Waals surface area contributed by atoms with E-state index in [1.54, 1.807) is 18.1 Å². The molecule has 0 bridgehead atoms. The number of fused-ring (bicyclic) bond motifs is 1. The van der Waals surface area contributed by atoms with Crippen LogP contribution in [0, 0.1) is 0 Å². The Bertz CT molecular complexity index is 1440. The lowest BCUT2D eigenvalue weighted by Gasteiger charge is -2.17. The number of hydrogen-bond acceptors (Lipinski definition) is 8. The van der Waals surface area contributed by atoms with Crippen molar-refractivity contribution in [2.24, 2.45) is 10.7 Å².